The van der Waals surface area contributed by atoms with Crippen LogP contribution in [0.25, 0.3) is 54.8 Å². The van der Waals surface area contributed by atoms with Crippen LogP contribution in [0, 0.1) is 11.6 Å². The van der Waals surface area contributed by atoms with Crippen molar-refractivity contribution >= 4 is 38.2 Å². The first kappa shape index (κ1) is 29.1. The van der Waals surface area contributed by atoms with E-state index in [2.05, 4.69) is 27.2 Å². The number of halogens is 2. The number of amides is 1. The normalized spacial score (nSPS) is 12.1. The Morgan fingerprint density at radius 1 is 1.16 bits per heavy atom. The lowest BCUT2D eigenvalue weighted by molar-refractivity contribution is -0.117. The second-order valence-corrected chi connectivity index (χ2v) is 11.1. The second-order valence-electron chi connectivity index (χ2n) is 10.1. The van der Waals surface area contributed by atoms with E-state index in [1.807, 2.05) is 36.7 Å². The topological polar surface area (TPSA) is 107 Å². The van der Waals surface area contributed by atoms with Gasteiger partial charge in [-0.3, -0.25) is 14.6 Å². The third kappa shape index (κ3) is 5.33. The van der Waals surface area contributed by atoms with Gasteiger partial charge in [0.1, 0.15) is 35.4 Å². The van der Waals surface area contributed by atoms with Gasteiger partial charge in [-0.05, 0) is 42.6 Å². The summed E-state index contributed by atoms with van der Waals surface area (Å²) in [6.45, 7) is 5.61. The van der Waals surface area contributed by atoms with Crippen LogP contribution in [0.1, 0.15) is 18.7 Å². The van der Waals surface area contributed by atoms with Crippen molar-refractivity contribution in [2.24, 2.45) is 7.05 Å². The first-order valence-corrected chi connectivity index (χ1v) is 14.6. The number of thiophene rings is 1. The summed E-state index contributed by atoms with van der Waals surface area (Å²) in [4.78, 5) is 17.1. The average Bonchev–Trinajstić information content (AvgIpc) is 3.77. The van der Waals surface area contributed by atoms with Crippen LogP contribution in [0.4, 0.5) is 8.78 Å². The number of benzene rings is 2. The maximum Gasteiger partial charge on any atom is 0.243 e. The molecule has 0 saturated heterocycles. The minimum Gasteiger partial charge on any atom is -0.490 e. The molecular formula is C32H28F2N6O3S. The molecule has 44 heavy (non-hydrogen) atoms. The van der Waals surface area contributed by atoms with E-state index < -0.39 is 17.7 Å². The van der Waals surface area contributed by atoms with E-state index in [4.69, 9.17) is 14.5 Å². The number of fused-ring (bicyclic) bond motifs is 2. The number of nitrogens with one attached hydrogen (secondary N) is 2. The van der Waals surface area contributed by atoms with Crippen LogP contribution < -0.4 is 10.1 Å². The van der Waals surface area contributed by atoms with Crippen molar-refractivity contribution < 1.29 is 23.0 Å². The highest BCUT2D eigenvalue weighted by Gasteiger charge is 2.27. The zero-order valence-electron chi connectivity index (χ0n) is 24.1. The van der Waals surface area contributed by atoms with Gasteiger partial charge in [-0.1, -0.05) is 12.6 Å². The molecule has 0 saturated carbocycles. The van der Waals surface area contributed by atoms with E-state index in [0.717, 1.165) is 38.7 Å². The van der Waals surface area contributed by atoms with Crippen LogP contribution >= 0.6 is 11.3 Å². The fourth-order valence-corrected chi connectivity index (χ4v) is 6.09. The van der Waals surface area contributed by atoms with Crippen molar-refractivity contribution in [2.75, 3.05) is 20.3 Å². The molecule has 0 spiro atoms. The first-order valence-electron chi connectivity index (χ1n) is 13.7. The zero-order valence-corrected chi connectivity index (χ0v) is 25.0. The van der Waals surface area contributed by atoms with E-state index in [1.54, 1.807) is 23.9 Å². The predicted molar refractivity (Wildman–Crippen MR) is 166 cm³/mol. The van der Waals surface area contributed by atoms with E-state index in [-0.39, 0.29) is 30.4 Å². The molecule has 0 aliphatic carbocycles. The van der Waals surface area contributed by atoms with Crippen LogP contribution in [0.5, 0.6) is 5.75 Å². The number of aryl methyl sites for hydroxylation is 1. The molecule has 0 aliphatic heterocycles. The number of methoxy groups -OCH3 is 1. The highest BCUT2D eigenvalue weighted by molar-refractivity contribution is 7.18. The average molecular weight is 615 g/mol. The second kappa shape index (κ2) is 12.0. The first-order chi connectivity index (χ1) is 21.3. The molecule has 1 amide bonds. The molecule has 1 atom stereocenters. The van der Waals surface area contributed by atoms with Crippen molar-refractivity contribution in [1.29, 1.82) is 0 Å². The summed E-state index contributed by atoms with van der Waals surface area (Å²) in [6.07, 6.45) is 2.97. The van der Waals surface area contributed by atoms with Gasteiger partial charge in [0.25, 0.3) is 0 Å². The van der Waals surface area contributed by atoms with Crippen LogP contribution in [-0.2, 0) is 16.6 Å². The van der Waals surface area contributed by atoms with Crippen molar-refractivity contribution in [3.63, 3.8) is 0 Å². The maximum atomic E-state index is 15.9. The number of carbonyl (C=O) groups excluding carboxylic acids is 1. The predicted octanol–water partition coefficient (Wildman–Crippen LogP) is 6.57. The minimum atomic E-state index is -0.804. The van der Waals surface area contributed by atoms with Gasteiger partial charge in [0.2, 0.25) is 5.91 Å². The molecule has 224 valence electrons. The number of nitrogens with zero attached hydrogens (tertiary/aromatic N) is 4. The van der Waals surface area contributed by atoms with E-state index >= 15 is 4.39 Å². The monoisotopic (exact) mass is 614 g/mol. The number of pyridine rings is 1. The Kier molecular flexibility index (Phi) is 7.93. The molecule has 6 rings (SSSR count). The number of hydrogen-bond acceptors (Lipinski definition) is 7. The quantitative estimate of drug-likeness (QED) is 0.134. The number of carbonyl (C=O) groups is 1. The Morgan fingerprint density at radius 2 is 2.00 bits per heavy atom. The molecule has 4 heterocycles. The SMILES string of the molecule is C=CC(=O)N[C@@H](C)c1cc(-c2nc(-c3ccc4c(cnn4C)c3)c3ccsc3c2-c2c(F)cc(F)cc2OCCOC)n[nH]1. The van der Waals surface area contributed by atoms with Crippen molar-refractivity contribution in [1.82, 2.24) is 30.3 Å². The number of hydrogen-bond donors (Lipinski definition) is 2. The zero-order chi connectivity index (χ0) is 31.0. The molecule has 0 unspecified atom stereocenters. The number of ether oxygens (including phenoxy) is 2. The minimum absolute atomic E-state index is 0.0178. The van der Waals surface area contributed by atoms with Gasteiger partial charge in [0, 0.05) is 52.9 Å². The Hall–Kier alpha value is -4.94. The summed E-state index contributed by atoms with van der Waals surface area (Å²) in [5.74, 6) is -1.90. The number of aromatic amines is 1. The summed E-state index contributed by atoms with van der Waals surface area (Å²) < 4.78 is 43.9. The summed E-state index contributed by atoms with van der Waals surface area (Å²) in [7, 11) is 3.39. The Balaban J connectivity index is 1.61. The Labute approximate surface area is 255 Å². The fourth-order valence-electron chi connectivity index (χ4n) is 5.14. The molecule has 6 aromatic rings. The van der Waals surface area contributed by atoms with E-state index in [1.165, 1.54) is 24.5 Å². The standard InChI is InChI=1S/C32H28F2N6O3S/c1-5-27(41)36-17(2)23-15-24(39-38-23)31-29(28-22(34)13-20(33)14-26(28)43-10-9-42-4)32-21(8-11-44-32)30(37-31)18-6-7-25-19(12-18)16-35-40(25)3/h5-8,11-17H,1,9-10H2,2-4H3,(H,36,41)(H,38,39)/t17-/m0/s1. The van der Waals surface area contributed by atoms with Crippen LogP contribution in [0.2, 0.25) is 0 Å². The van der Waals surface area contributed by atoms with Gasteiger partial charge in [0.05, 0.1) is 41.3 Å². The van der Waals surface area contributed by atoms with Gasteiger partial charge in [0.15, 0.2) is 0 Å². The lowest BCUT2D eigenvalue weighted by atomic mass is 9.96. The number of aromatic nitrogens is 5. The molecule has 2 N–H and O–H groups in total. The van der Waals surface area contributed by atoms with Crippen LogP contribution in [0.15, 0.2) is 66.7 Å². The molecular weight excluding hydrogens is 586 g/mol. The lowest BCUT2D eigenvalue weighted by Gasteiger charge is -2.17. The van der Waals surface area contributed by atoms with Crippen molar-refractivity contribution in [3.8, 4) is 39.5 Å². The molecule has 0 radical (unpaired) electrons. The molecule has 0 fully saturated rings. The van der Waals surface area contributed by atoms with Crippen molar-refractivity contribution in [3.05, 3.63) is 84.0 Å². The largest absolute Gasteiger partial charge is 0.490 e. The lowest BCUT2D eigenvalue weighted by Crippen LogP contribution is -2.24. The van der Waals surface area contributed by atoms with Gasteiger partial charge < -0.3 is 14.8 Å². The Bertz CT molecular complexity index is 2030. The van der Waals surface area contributed by atoms with Gasteiger partial charge in [-0.25, -0.2) is 13.8 Å². The highest BCUT2D eigenvalue weighted by atomic mass is 32.1. The molecule has 0 bridgehead atoms. The number of H-pyrrole nitrogens is 1. The summed E-state index contributed by atoms with van der Waals surface area (Å²) >= 11 is 1.41. The number of rotatable bonds is 10. The molecule has 0 aliphatic rings. The molecule has 2 aromatic carbocycles. The van der Waals surface area contributed by atoms with Crippen molar-refractivity contribution in [2.45, 2.75) is 13.0 Å². The maximum absolute atomic E-state index is 15.9. The summed E-state index contributed by atoms with van der Waals surface area (Å²) in [5, 5.41) is 18.3. The highest BCUT2D eigenvalue weighted by Crippen LogP contribution is 2.47. The Morgan fingerprint density at radius 3 is 2.80 bits per heavy atom. The third-order valence-corrected chi connectivity index (χ3v) is 8.22. The molecule has 9 nitrogen and oxygen atoms in total. The smallest absolute Gasteiger partial charge is 0.243 e. The van der Waals surface area contributed by atoms with Gasteiger partial charge in [-0.15, -0.1) is 11.3 Å². The third-order valence-electron chi connectivity index (χ3n) is 7.29. The van der Waals surface area contributed by atoms with E-state index in [9.17, 15) is 9.18 Å². The van der Waals surface area contributed by atoms with Crippen LogP contribution in [-0.4, -0.2) is 51.2 Å². The molecule has 12 heteroatoms. The summed E-state index contributed by atoms with van der Waals surface area (Å²) in [5.41, 5.74) is 4.28. The fraction of sp³-hybridized carbons (Fsp3) is 0.188. The van der Waals surface area contributed by atoms with Gasteiger partial charge >= 0.3 is 0 Å². The summed E-state index contributed by atoms with van der Waals surface area (Å²) in [6, 6.07) is 11.2. The van der Waals surface area contributed by atoms with E-state index in [0.29, 0.717) is 28.3 Å². The van der Waals surface area contributed by atoms with Gasteiger partial charge in [-0.2, -0.15) is 10.2 Å². The molecule has 4 aromatic heterocycles. The van der Waals surface area contributed by atoms with Crippen LogP contribution in [0.3, 0.4) is 0 Å².